The van der Waals surface area contributed by atoms with E-state index in [1.54, 1.807) is 127 Å². The first-order chi connectivity index (χ1) is 22.8. The van der Waals surface area contributed by atoms with Gasteiger partial charge >= 0.3 is 34.7 Å². The molecular formula is C36H27Al2O9P3. The van der Waals surface area contributed by atoms with Crippen LogP contribution in [0, 0.1) is 0 Å². The fraction of sp³-hybridized carbons (Fsp3) is 0. The largest absolute Gasteiger partial charge is 3.00 e. The summed E-state index contributed by atoms with van der Waals surface area (Å²) in [5, 5.41) is -0.455. The van der Waals surface area contributed by atoms with Crippen LogP contribution in [0.15, 0.2) is 164 Å². The average molecular weight is 750 g/mol. The summed E-state index contributed by atoms with van der Waals surface area (Å²) in [6.45, 7) is 0. The smallest absolute Gasteiger partial charge is 0.807 e. The van der Waals surface area contributed by atoms with E-state index >= 15 is 0 Å². The second kappa shape index (κ2) is 19.4. The van der Waals surface area contributed by atoms with Crippen LogP contribution in [0.1, 0.15) is 0 Å². The van der Waals surface area contributed by atoms with Crippen molar-refractivity contribution >= 4 is 73.4 Å². The molecule has 0 spiro atoms. The van der Waals surface area contributed by atoms with E-state index in [0.717, 1.165) is 16.7 Å². The van der Waals surface area contributed by atoms with Crippen molar-refractivity contribution in [2.45, 2.75) is 0 Å². The minimum absolute atomic E-state index is 0. The molecular weight excluding hydrogens is 723 g/mol. The van der Waals surface area contributed by atoms with Crippen LogP contribution in [0.25, 0.3) is 33.4 Å². The average Bonchev–Trinajstić information content (AvgIpc) is 3.09. The third-order valence-electron chi connectivity index (χ3n) is 6.85. The van der Waals surface area contributed by atoms with Crippen LogP contribution in [0.5, 0.6) is 0 Å². The molecule has 0 aliphatic rings. The molecule has 0 radical (unpaired) electrons. The molecule has 0 saturated carbocycles. The predicted molar refractivity (Wildman–Crippen MR) is 189 cm³/mol. The molecule has 0 aliphatic carbocycles. The van der Waals surface area contributed by atoms with Crippen LogP contribution in [0.4, 0.5) is 0 Å². The number of hydrogen-bond acceptors (Lipinski definition) is 9. The van der Waals surface area contributed by atoms with Crippen molar-refractivity contribution in [3.63, 3.8) is 0 Å². The van der Waals surface area contributed by atoms with Crippen LogP contribution in [0.2, 0.25) is 0 Å². The van der Waals surface area contributed by atoms with E-state index in [-0.39, 0.29) is 50.6 Å². The van der Waals surface area contributed by atoms with Gasteiger partial charge in [0.15, 0.2) is 0 Å². The zero-order valence-corrected chi connectivity index (χ0v) is 31.3. The van der Waals surface area contributed by atoms with Crippen LogP contribution < -0.4 is 45.3 Å². The fourth-order valence-electron chi connectivity index (χ4n) is 4.72. The van der Waals surface area contributed by atoms with Gasteiger partial charge < -0.3 is 43.1 Å². The molecule has 0 aromatic heterocycles. The van der Waals surface area contributed by atoms with E-state index in [0.29, 0.717) is 16.7 Å². The Balaban J connectivity index is 0.000000255. The Morgan fingerprint density at radius 2 is 0.460 bits per heavy atom. The molecule has 0 unspecified atom stereocenters. The van der Waals surface area contributed by atoms with Crippen molar-refractivity contribution in [3.8, 4) is 33.4 Å². The van der Waals surface area contributed by atoms with E-state index < -0.39 is 22.8 Å². The normalized spacial score (nSPS) is 10.9. The number of benzene rings is 6. The fourth-order valence-corrected chi connectivity index (χ4v) is 7.02. The standard InChI is InChI=1S/3C12H11O3P.2Al/c3*13-16(14,15)12-9-5-4-8-11(12)10-6-2-1-3-7-10;;/h3*1-9H,(H2,13,14,15);;/q;;;2*+3/p-6. The molecule has 0 amide bonds. The van der Waals surface area contributed by atoms with Crippen molar-refractivity contribution in [1.29, 1.82) is 0 Å². The monoisotopic (exact) mass is 750 g/mol. The Morgan fingerprint density at radius 3 is 0.660 bits per heavy atom. The molecule has 246 valence electrons. The van der Waals surface area contributed by atoms with E-state index in [4.69, 9.17) is 0 Å². The van der Waals surface area contributed by atoms with Crippen molar-refractivity contribution in [3.05, 3.63) is 164 Å². The zero-order valence-electron chi connectivity index (χ0n) is 26.3. The molecule has 0 atom stereocenters. The Labute approximate surface area is 312 Å². The predicted octanol–water partition coefficient (Wildman–Crippen LogP) is 1.92. The Hall–Kier alpha value is -3.17. The van der Waals surface area contributed by atoms with Gasteiger partial charge in [-0.05, 0) is 72.1 Å². The van der Waals surface area contributed by atoms with Crippen molar-refractivity contribution in [2.75, 3.05) is 0 Å². The van der Waals surface area contributed by atoms with Gasteiger partial charge in [0, 0.05) is 0 Å². The topological polar surface area (TPSA) is 190 Å². The van der Waals surface area contributed by atoms with E-state index in [1.807, 2.05) is 18.2 Å². The van der Waals surface area contributed by atoms with E-state index in [2.05, 4.69) is 0 Å². The van der Waals surface area contributed by atoms with Crippen molar-refractivity contribution in [1.82, 2.24) is 0 Å². The minimum Gasteiger partial charge on any atom is -0.807 e. The molecule has 0 fully saturated rings. The van der Waals surface area contributed by atoms with Gasteiger partial charge in [-0.25, -0.2) is 0 Å². The molecule has 6 aromatic carbocycles. The molecule has 0 bridgehead atoms. The van der Waals surface area contributed by atoms with Crippen molar-refractivity contribution < 1.29 is 43.1 Å². The first-order valence-corrected chi connectivity index (χ1v) is 18.9. The Kier molecular flexibility index (Phi) is 16.7. The van der Waals surface area contributed by atoms with Gasteiger partial charge in [-0.15, -0.1) is 0 Å². The van der Waals surface area contributed by atoms with Gasteiger partial charge in [0.05, 0.1) is 0 Å². The van der Waals surface area contributed by atoms with Gasteiger partial charge in [0.1, 0.15) is 0 Å². The minimum atomic E-state index is -4.72. The molecule has 0 aliphatic heterocycles. The quantitative estimate of drug-likeness (QED) is 0.181. The first kappa shape index (κ1) is 43.0. The number of hydrogen-bond donors (Lipinski definition) is 0. The second-order valence-corrected chi connectivity index (χ2v) is 14.6. The molecule has 6 aromatic rings. The summed E-state index contributed by atoms with van der Waals surface area (Å²) in [5.41, 5.74) is 3.55. The van der Waals surface area contributed by atoms with Crippen LogP contribution >= 0.6 is 22.8 Å². The molecule has 14 heteroatoms. The van der Waals surface area contributed by atoms with Gasteiger partial charge in [-0.2, -0.15) is 0 Å². The summed E-state index contributed by atoms with van der Waals surface area (Å²) in [6, 6.07) is 45.6. The zero-order chi connectivity index (χ0) is 34.8. The molecule has 0 saturated heterocycles. The second-order valence-electron chi connectivity index (χ2n) is 10.1. The van der Waals surface area contributed by atoms with Gasteiger partial charge in [0.2, 0.25) is 0 Å². The molecule has 9 nitrogen and oxygen atoms in total. The van der Waals surface area contributed by atoms with Gasteiger partial charge in [-0.3, -0.25) is 0 Å². The summed E-state index contributed by atoms with van der Waals surface area (Å²) in [6.07, 6.45) is 0. The summed E-state index contributed by atoms with van der Waals surface area (Å²) < 4.78 is 33.3. The van der Waals surface area contributed by atoms with E-state index in [1.165, 1.54) is 18.2 Å². The van der Waals surface area contributed by atoms with Crippen molar-refractivity contribution in [2.24, 2.45) is 0 Å². The summed E-state index contributed by atoms with van der Waals surface area (Å²) in [4.78, 5) is 66.6. The van der Waals surface area contributed by atoms with E-state index in [9.17, 15) is 43.1 Å². The third-order valence-corrected chi connectivity index (χ3v) is 9.79. The Morgan fingerprint density at radius 1 is 0.280 bits per heavy atom. The first-order valence-electron chi connectivity index (χ1n) is 14.3. The SMILES string of the molecule is O=P([O-])([O-])c1ccccc1-c1ccccc1.O=P([O-])([O-])c1ccccc1-c1ccccc1.O=P([O-])([O-])c1ccccc1-c1ccccc1.[Al+3].[Al+3]. The maximum Gasteiger partial charge on any atom is 3.00 e. The maximum atomic E-state index is 11.1. The van der Waals surface area contributed by atoms with Gasteiger partial charge in [-0.1, -0.05) is 164 Å². The van der Waals surface area contributed by atoms with Crippen LogP contribution in [-0.2, 0) is 13.7 Å². The summed E-state index contributed by atoms with van der Waals surface area (Å²) in [5.74, 6) is 0. The Bertz CT molecular complexity index is 1850. The molecule has 6 rings (SSSR count). The molecule has 50 heavy (non-hydrogen) atoms. The van der Waals surface area contributed by atoms with Gasteiger partial charge in [0.25, 0.3) is 0 Å². The molecule has 0 heterocycles. The summed E-state index contributed by atoms with van der Waals surface area (Å²) >= 11 is 0. The maximum absolute atomic E-state index is 11.1. The molecule has 0 N–H and O–H groups in total. The van der Waals surface area contributed by atoms with Crippen LogP contribution in [0.3, 0.4) is 0 Å². The van der Waals surface area contributed by atoms with Crippen LogP contribution in [-0.4, -0.2) is 34.7 Å². The number of rotatable bonds is 6. The third kappa shape index (κ3) is 12.3. The summed E-state index contributed by atoms with van der Waals surface area (Å²) in [7, 11) is -14.2.